The first-order valence-corrected chi connectivity index (χ1v) is 8.35. The van der Waals surface area contributed by atoms with E-state index in [0.717, 1.165) is 0 Å². The SMILES string of the molecule is CC[N+](CC)(CC)CC.O=C(O)c1cc2cccc([O-])c2cc1O. The fourth-order valence-electron chi connectivity index (χ4n) is 2.80. The van der Waals surface area contributed by atoms with Crippen molar-refractivity contribution in [3.8, 4) is 11.5 Å². The Balaban J connectivity index is 0.000000277. The molecule has 132 valence electrons. The van der Waals surface area contributed by atoms with Gasteiger partial charge in [0.2, 0.25) is 0 Å². The van der Waals surface area contributed by atoms with Crippen LogP contribution in [0.2, 0.25) is 0 Å². The minimum Gasteiger partial charge on any atom is -0.872 e. The Labute approximate surface area is 143 Å². The van der Waals surface area contributed by atoms with Crippen molar-refractivity contribution >= 4 is 16.7 Å². The fourth-order valence-corrected chi connectivity index (χ4v) is 2.80. The zero-order valence-electron chi connectivity index (χ0n) is 14.9. The molecule has 0 saturated carbocycles. The summed E-state index contributed by atoms with van der Waals surface area (Å²) >= 11 is 0. The van der Waals surface area contributed by atoms with E-state index >= 15 is 0 Å². The van der Waals surface area contributed by atoms with Gasteiger partial charge in [0.1, 0.15) is 11.3 Å². The largest absolute Gasteiger partial charge is 0.872 e. The molecule has 0 aliphatic carbocycles. The maximum absolute atomic E-state index is 11.4. The highest BCUT2D eigenvalue weighted by atomic mass is 16.4. The van der Waals surface area contributed by atoms with Crippen LogP contribution in [-0.2, 0) is 0 Å². The van der Waals surface area contributed by atoms with Crippen LogP contribution >= 0.6 is 0 Å². The number of carbonyl (C=O) groups is 1. The first-order chi connectivity index (χ1) is 11.3. The molecule has 0 aliphatic rings. The van der Waals surface area contributed by atoms with Gasteiger partial charge in [-0.15, -0.1) is 5.75 Å². The maximum Gasteiger partial charge on any atom is 0.339 e. The van der Waals surface area contributed by atoms with E-state index in [1.807, 2.05) is 0 Å². The molecule has 2 aromatic carbocycles. The van der Waals surface area contributed by atoms with Gasteiger partial charge in [0.15, 0.2) is 0 Å². The first-order valence-electron chi connectivity index (χ1n) is 8.35. The average Bonchev–Trinajstić information content (AvgIpc) is 2.58. The molecule has 0 atom stereocenters. The zero-order chi connectivity index (χ0) is 18.3. The van der Waals surface area contributed by atoms with Crippen molar-refractivity contribution in [1.82, 2.24) is 0 Å². The van der Waals surface area contributed by atoms with E-state index < -0.39 is 11.7 Å². The fraction of sp³-hybridized carbons (Fsp3) is 0.421. The normalized spacial score (nSPS) is 11.0. The lowest BCUT2D eigenvalue weighted by molar-refractivity contribution is -0.921. The van der Waals surface area contributed by atoms with Gasteiger partial charge in [0, 0.05) is 0 Å². The van der Waals surface area contributed by atoms with E-state index in [-0.39, 0.29) is 11.3 Å². The van der Waals surface area contributed by atoms with E-state index in [4.69, 9.17) is 5.11 Å². The lowest BCUT2D eigenvalue weighted by Crippen LogP contribution is -2.47. The topological polar surface area (TPSA) is 80.6 Å². The van der Waals surface area contributed by atoms with Gasteiger partial charge in [0.25, 0.3) is 0 Å². The molecule has 0 saturated heterocycles. The highest BCUT2D eigenvalue weighted by molar-refractivity contribution is 5.99. The second kappa shape index (κ2) is 8.55. The van der Waals surface area contributed by atoms with E-state index in [0.29, 0.717) is 10.8 Å². The van der Waals surface area contributed by atoms with Crippen LogP contribution in [0.25, 0.3) is 10.8 Å². The molecule has 2 rings (SSSR count). The molecular formula is C19H27NO4. The van der Waals surface area contributed by atoms with Crippen molar-refractivity contribution in [1.29, 1.82) is 0 Å². The lowest BCUT2D eigenvalue weighted by atomic mass is 10.1. The number of rotatable bonds is 5. The summed E-state index contributed by atoms with van der Waals surface area (Å²) in [6.07, 6.45) is 0. The minimum absolute atomic E-state index is 0.201. The van der Waals surface area contributed by atoms with Gasteiger partial charge in [-0.05, 0) is 50.6 Å². The Morgan fingerprint density at radius 3 is 2.00 bits per heavy atom. The number of aromatic carboxylic acids is 1. The molecule has 0 radical (unpaired) electrons. The van der Waals surface area contributed by atoms with Crippen LogP contribution < -0.4 is 5.11 Å². The average molecular weight is 333 g/mol. The Bertz CT molecular complexity index is 676. The molecule has 0 bridgehead atoms. The number of hydrogen-bond donors (Lipinski definition) is 2. The van der Waals surface area contributed by atoms with Gasteiger partial charge in [0.05, 0.1) is 26.2 Å². The number of carboxylic acid groups (broad SMARTS) is 1. The van der Waals surface area contributed by atoms with Crippen molar-refractivity contribution in [2.24, 2.45) is 0 Å². The number of quaternary nitrogens is 1. The van der Waals surface area contributed by atoms with Crippen molar-refractivity contribution in [3.05, 3.63) is 35.9 Å². The zero-order valence-corrected chi connectivity index (χ0v) is 14.9. The van der Waals surface area contributed by atoms with Crippen LogP contribution in [0.5, 0.6) is 11.5 Å². The van der Waals surface area contributed by atoms with Crippen molar-refractivity contribution < 1.29 is 24.6 Å². The van der Waals surface area contributed by atoms with Gasteiger partial charge >= 0.3 is 5.97 Å². The van der Waals surface area contributed by atoms with Crippen LogP contribution in [0.4, 0.5) is 0 Å². The summed E-state index contributed by atoms with van der Waals surface area (Å²) in [6.45, 7) is 14.2. The molecule has 0 amide bonds. The Kier molecular flexibility index (Phi) is 7.04. The molecular weight excluding hydrogens is 306 g/mol. The molecule has 5 heteroatoms. The number of hydrogen-bond acceptors (Lipinski definition) is 3. The predicted octanol–water partition coefficient (Wildman–Crippen LogP) is 3.20. The predicted molar refractivity (Wildman–Crippen MR) is 94.4 cm³/mol. The van der Waals surface area contributed by atoms with E-state index in [1.54, 1.807) is 12.1 Å². The second-order valence-electron chi connectivity index (χ2n) is 5.76. The highest BCUT2D eigenvalue weighted by Gasteiger charge is 2.16. The van der Waals surface area contributed by atoms with Crippen molar-refractivity contribution in [2.45, 2.75) is 27.7 Å². The molecule has 0 spiro atoms. The van der Waals surface area contributed by atoms with Gasteiger partial charge < -0.3 is 19.8 Å². The summed E-state index contributed by atoms with van der Waals surface area (Å²) in [6, 6.07) is 7.01. The van der Waals surface area contributed by atoms with Crippen LogP contribution in [0.1, 0.15) is 38.1 Å². The summed E-state index contributed by atoms with van der Waals surface area (Å²) in [4.78, 5) is 10.7. The minimum atomic E-state index is -1.22. The summed E-state index contributed by atoms with van der Waals surface area (Å²) in [5.41, 5.74) is -0.201. The molecule has 0 heterocycles. The Morgan fingerprint density at radius 2 is 1.58 bits per heavy atom. The number of fused-ring (bicyclic) bond motifs is 1. The van der Waals surface area contributed by atoms with Gasteiger partial charge in [-0.1, -0.05) is 18.2 Å². The third-order valence-corrected chi connectivity index (χ3v) is 4.87. The molecule has 0 aliphatic heterocycles. The number of aromatic hydroxyl groups is 1. The standard InChI is InChI=1S/C11H8O4.C8H20N/c12-9-3-1-2-6-4-8(11(14)15)10(13)5-7(6)9;1-5-9(6-2,7-3)8-4/h1-5,12-13H,(H,14,15);5-8H2,1-4H3/q;+1/p-1. The maximum atomic E-state index is 11.4. The summed E-state index contributed by atoms with van der Waals surface area (Å²) in [7, 11) is 0. The highest BCUT2D eigenvalue weighted by Crippen LogP contribution is 2.29. The summed E-state index contributed by atoms with van der Waals surface area (Å²) in [5, 5.41) is 30.3. The lowest BCUT2D eigenvalue weighted by Gasteiger charge is -2.34. The van der Waals surface area contributed by atoms with E-state index in [2.05, 4.69) is 27.7 Å². The van der Waals surface area contributed by atoms with Gasteiger partial charge in [-0.25, -0.2) is 4.79 Å². The number of benzene rings is 2. The molecule has 5 nitrogen and oxygen atoms in total. The van der Waals surface area contributed by atoms with E-state index in [1.165, 1.54) is 48.9 Å². The smallest absolute Gasteiger partial charge is 0.339 e. The monoisotopic (exact) mass is 333 g/mol. The summed E-state index contributed by atoms with van der Waals surface area (Å²) in [5.74, 6) is -1.84. The number of phenols is 1. The van der Waals surface area contributed by atoms with Gasteiger partial charge in [-0.2, -0.15) is 0 Å². The van der Waals surface area contributed by atoms with Crippen LogP contribution in [0, 0.1) is 0 Å². The number of nitrogens with zero attached hydrogens (tertiary/aromatic N) is 1. The molecule has 2 N–H and O–H groups in total. The van der Waals surface area contributed by atoms with Crippen LogP contribution in [0.3, 0.4) is 0 Å². The van der Waals surface area contributed by atoms with Gasteiger partial charge in [-0.3, -0.25) is 0 Å². The molecule has 0 unspecified atom stereocenters. The third-order valence-electron chi connectivity index (χ3n) is 4.87. The molecule has 2 aromatic rings. The number of carboxylic acids is 1. The molecule has 24 heavy (non-hydrogen) atoms. The van der Waals surface area contributed by atoms with Crippen molar-refractivity contribution in [3.63, 3.8) is 0 Å². The third kappa shape index (κ3) is 4.38. The first kappa shape index (κ1) is 19.8. The van der Waals surface area contributed by atoms with Crippen LogP contribution in [0.15, 0.2) is 30.3 Å². The van der Waals surface area contributed by atoms with E-state index in [9.17, 15) is 15.0 Å². The Hall–Kier alpha value is -2.27. The Morgan fingerprint density at radius 1 is 1.04 bits per heavy atom. The van der Waals surface area contributed by atoms with Crippen molar-refractivity contribution in [2.75, 3.05) is 26.2 Å². The summed E-state index contributed by atoms with van der Waals surface area (Å²) < 4.78 is 1.28. The molecule has 0 fully saturated rings. The molecule has 0 aromatic heterocycles. The quantitative estimate of drug-likeness (QED) is 0.823. The van der Waals surface area contributed by atoms with Crippen LogP contribution in [-0.4, -0.2) is 46.8 Å². The second-order valence-corrected chi connectivity index (χ2v) is 5.76.